The second-order valence-corrected chi connectivity index (χ2v) is 7.38. The molecule has 4 nitrogen and oxygen atoms in total. The molecule has 0 saturated carbocycles. The van der Waals surface area contributed by atoms with E-state index in [4.69, 9.17) is 10.5 Å². The minimum Gasteiger partial charge on any atom is -0.488 e. The molecule has 2 aromatic rings. The van der Waals surface area contributed by atoms with Gasteiger partial charge >= 0.3 is 0 Å². The van der Waals surface area contributed by atoms with Crippen LogP contribution in [0.1, 0.15) is 9.75 Å². The van der Waals surface area contributed by atoms with Crippen molar-refractivity contribution in [3.05, 3.63) is 46.2 Å². The van der Waals surface area contributed by atoms with Crippen molar-refractivity contribution >= 4 is 21.2 Å². The molecule has 1 heterocycles. The Bertz CT molecular complexity index is 662. The molecule has 1 aromatic carbocycles. The van der Waals surface area contributed by atoms with E-state index in [0.29, 0.717) is 18.9 Å². The number of hydrogen-bond acceptors (Lipinski definition) is 5. The molecule has 0 amide bonds. The molecular weight excluding hydrogens is 282 g/mol. The molecule has 1 aromatic heterocycles. The summed E-state index contributed by atoms with van der Waals surface area (Å²) in [5.74, 6) is 0.547. The van der Waals surface area contributed by atoms with Crippen LogP contribution in [0.2, 0.25) is 0 Å². The molecule has 0 spiro atoms. The van der Waals surface area contributed by atoms with Crippen molar-refractivity contribution in [2.45, 2.75) is 18.0 Å². The molecule has 6 heteroatoms. The third kappa shape index (κ3) is 3.79. The van der Waals surface area contributed by atoms with Crippen molar-refractivity contribution in [2.24, 2.45) is 5.73 Å². The minimum atomic E-state index is -3.20. The van der Waals surface area contributed by atoms with E-state index in [-0.39, 0.29) is 4.90 Å². The molecule has 0 saturated heterocycles. The highest BCUT2D eigenvalue weighted by atomic mass is 32.2. The molecule has 0 aliphatic heterocycles. The van der Waals surface area contributed by atoms with Gasteiger partial charge < -0.3 is 10.5 Å². The van der Waals surface area contributed by atoms with Gasteiger partial charge in [-0.15, -0.1) is 11.3 Å². The fraction of sp³-hybridized carbons (Fsp3) is 0.231. The first-order valence-corrected chi connectivity index (χ1v) is 8.40. The third-order valence-corrected chi connectivity index (χ3v) is 4.72. The summed E-state index contributed by atoms with van der Waals surface area (Å²) in [5, 5.41) is 0. The Morgan fingerprint density at radius 3 is 2.58 bits per heavy atom. The molecule has 0 bridgehead atoms. The zero-order valence-corrected chi connectivity index (χ0v) is 12.1. The molecule has 0 aliphatic carbocycles. The van der Waals surface area contributed by atoms with Crippen molar-refractivity contribution < 1.29 is 13.2 Å². The van der Waals surface area contributed by atoms with Crippen LogP contribution in [-0.4, -0.2) is 14.7 Å². The summed E-state index contributed by atoms with van der Waals surface area (Å²) >= 11 is 1.59. The van der Waals surface area contributed by atoms with Gasteiger partial charge in [0.05, 0.1) is 4.90 Å². The van der Waals surface area contributed by atoms with Gasteiger partial charge in [-0.3, -0.25) is 0 Å². The van der Waals surface area contributed by atoms with Gasteiger partial charge in [-0.1, -0.05) is 6.07 Å². The lowest BCUT2D eigenvalue weighted by atomic mass is 10.3. The van der Waals surface area contributed by atoms with Crippen LogP contribution in [0.4, 0.5) is 0 Å². The maximum absolute atomic E-state index is 11.4. The van der Waals surface area contributed by atoms with E-state index in [2.05, 4.69) is 0 Å². The highest BCUT2D eigenvalue weighted by molar-refractivity contribution is 7.90. The second kappa shape index (κ2) is 5.73. The summed E-state index contributed by atoms with van der Waals surface area (Å²) in [6, 6.07) is 10.4. The number of benzene rings is 1. The van der Waals surface area contributed by atoms with E-state index in [1.165, 1.54) is 12.3 Å². The molecule has 0 atom stereocenters. The van der Waals surface area contributed by atoms with E-state index in [9.17, 15) is 8.42 Å². The summed E-state index contributed by atoms with van der Waals surface area (Å²) < 4.78 is 28.5. The van der Waals surface area contributed by atoms with Crippen molar-refractivity contribution in [1.82, 2.24) is 0 Å². The lowest BCUT2D eigenvalue weighted by Crippen LogP contribution is -1.98. The van der Waals surface area contributed by atoms with Crippen molar-refractivity contribution in [3.63, 3.8) is 0 Å². The van der Waals surface area contributed by atoms with Crippen LogP contribution >= 0.6 is 11.3 Å². The fourth-order valence-electron chi connectivity index (χ4n) is 1.56. The van der Waals surface area contributed by atoms with Crippen molar-refractivity contribution in [3.8, 4) is 5.75 Å². The Morgan fingerprint density at radius 2 is 1.95 bits per heavy atom. The van der Waals surface area contributed by atoms with E-state index in [1.54, 1.807) is 29.5 Å². The maximum atomic E-state index is 11.4. The Kier molecular flexibility index (Phi) is 4.24. The Balaban J connectivity index is 2.07. The first-order valence-electron chi connectivity index (χ1n) is 5.69. The second-order valence-electron chi connectivity index (χ2n) is 4.11. The van der Waals surface area contributed by atoms with E-state index in [0.717, 1.165) is 9.75 Å². The minimum absolute atomic E-state index is 0.263. The van der Waals surface area contributed by atoms with Gasteiger partial charge in [-0.05, 0) is 30.3 Å². The number of thiophene rings is 1. The molecule has 19 heavy (non-hydrogen) atoms. The Labute approximate surface area is 116 Å². The van der Waals surface area contributed by atoms with Gasteiger partial charge in [0.1, 0.15) is 12.4 Å². The van der Waals surface area contributed by atoms with Crippen LogP contribution in [0.5, 0.6) is 5.75 Å². The smallest absolute Gasteiger partial charge is 0.175 e. The van der Waals surface area contributed by atoms with Crippen LogP contribution in [0.3, 0.4) is 0 Å². The number of sulfone groups is 1. The Morgan fingerprint density at radius 1 is 1.21 bits per heavy atom. The lowest BCUT2D eigenvalue weighted by molar-refractivity contribution is 0.309. The van der Waals surface area contributed by atoms with Gasteiger partial charge in [0.2, 0.25) is 0 Å². The summed E-state index contributed by atoms with van der Waals surface area (Å²) in [6.07, 6.45) is 1.18. The largest absolute Gasteiger partial charge is 0.488 e. The van der Waals surface area contributed by atoms with Gasteiger partial charge in [-0.25, -0.2) is 8.42 Å². The van der Waals surface area contributed by atoms with E-state index in [1.807, 2.05) is 12.1 Å². The molecular formula is C13H15NO3S2. The number of nitrogens with two attached hydrogens (primary N) is 1. The summed E-state index contributed by atoms with van der Waals surface area (Å²) in [6.45, 7) is 0.937. The summed E-state index contributed by atoms with van der Waals surface area (Å²) in [4.78, 5) is 2.42. The van der Waals surface area contributed by atoms with Crippen LogP contribution in [0.15, 0.2) is 41.3 Å². The van der Waals surface area contributed by atoms with Crippen molar-refractivity contribution in [1.29, 1.82) is 0 Å². The standard InChI is InChI=1S/C13H15NO3S2/c1-19(15,16)13-4-2-3-10(7-13)17-9-12-6-5-11(8-14)18-12/h2-7H,8-9,14H2,1H3. The maximum Gasteiger partial charge on any atom is 0.175 e. The zero-order valence-electron chi connectivity index (χ0n) is 10.5. The van der Waals surface area contributed by atoms with Crippen LogP contribution < -0.4 is 10.5 Å². The van der Waals surface area contributed by atoms with E-state index < -0.39 is 9.84 Å². The number of hydrogen-bond donors (Lipinski definition) is 1. The average molecular weight is 297 g/mol. The highest BCUT2D eigenvalue weighted by Crippen LogP contribution is 2.21. The van der Waals surface area contributed by atoms with Gasteiger partial charge in [0, 0.05) is 22.6 Å². The van der Waals surface area contributed by atoms with Crippen molar-refractivity contribution in [2.75, 3.05) is 6.26 Å². The molecule has 102 valence electrons. The molecule has 0 fully saturated rings. The van der Waals surface area contributed by atoms with Gasteiger partial charge in [-0.2, -0.15) is 0 Å². The predicted molar refractivity (Wildman–Crippen MR) is 76.1 cm³/mol. The monoisotopic (exact) mass is 297 g/mol. The van der Waals surface area contributed by atoms with Crippen LogP contribution in [0.25, 0.3) is 0 Å². The predicted octanol–water partition coefficient (Wildman–Crippen LogP) is 2.19. The summed E-state index contributed by atoms with van der Waals surface area (Å²) in [5.41, 5.74) is 5.54. The van der Waals surface area contributed by atoms with E-state index >= 15 is 0 Å². The summed E-state index contributed by atoms with van der Waals surface area (Å²) in [7, 11) is -3.20. The number of ether oxygens (including phenoxy) is 1. The average Bonchev–Trinajstić information content (AvgIpc) is 2.84. The molecule has 2 N–H and O–H groups in total. The number of rotatable bonds is 5. The van der Waals surface area contributed by atoms with Gasteiger partial charge in [0.25, 0.3) is 0 Å². The molecule has 0 unspecified atom stereocenters. The Hall–Kier alpha value is -1.37. The SMILES string of the molecule is CS(=O)(=O)c1cccc(OCc2ccc(CN)s2)c1. The third-order valence-electron chi connectivity index (χ3n) is 2.53. The van der Waals surface area contributed by atoms with Gasteiger partial charge in [0.15, 0.2) is 9.84 Å². The first-order chi connectivity index (χ1) is 8.99. The molecule has 2 rings (SSSR count). The van der Waals surface area contributed by atoms with Crippen LogP contribution in [-0.2, 0) is 23.0 Å². The molecule has 0 radical (unpaired) electrons. The van der Waals surface area contributed by atoms with Crippen LogP contribution in [0, 0.1) is 0 Å². The fourth-order valence-corrected chi connectivity index (χ4v) is 3.02. The topological polar surface area (TPSA) is 69.4 Å². The quantitative estimate of drug-likeness (QED) is 0.918. The normalized spacial score (nSPS) is 11.5. The molecule has 0 aliphatic rings. The lowest BCUT2D eigenvalue weighted by Gasteiger charge is -2.06. The first kappa shape index (κ1) is 14.0. The highest BCUT2D eigenvalue weighted by Gasteiger charge is 2.08. The zero-order chi connectivity index (χ0) is 13.9.